The van der Waals surface area contributed by atoms with Gasteiger partial charge in [0.15, 0.2) is 0 Å². The van der Waals surface area contributed by atoms with Crippen LogP contribution in [0, 0.1) is 5.41 Å². The van der Waals surface area contributed by atoms with Crippen molar-refractivity contribution < 1.29 is 0 Å². The molecule has 2 N–H and O–H groups in total. The van der Waals surface area contributed by atoms with Gasteiger partial charge in [-0.25, -0.2) is 0 Å². The van der Waals surface area contributed by atoms with E-state index in [1.165, 1.54) is 58.0 Å². The fourth-order valence-electron chi connectivity index (χ4n) is 2.30. The molecule has 0 atom stereocenters. The Bertz CT molecular complexity index is 197. The van der Waals surface area contributed by atoms with Crippen LogP contribution in [-0.4, -0.2) is 30.6 Å². The average Bonchev–Trinajstić information content (AvgIpc) is 3.12. The van der Waals surface area contributed by atoms with Crippen molar-refractivity contribution in [3.05, 3.63) is 0 Å². The zero-order chi connectivity index (χ0) is 12.7. The zero-order valence-corrected chi connectivity index (χ0v) is 12.2. The minimum absolute atomic E-state index is 0.341. The van der Waals surface area contributed by atoms with Gasteiger partial charge in [-0.05, 0) is 57.2 Å². The summed E-state index contributed by atoms with van der Waals surface area (Å²) in [5.41, 5.74) is 6.10. The molecule has 1 aliphatic rings. The molecular formula is C15H32N2. The number of nitrogens with zero attached hydrogens (tertiary/aromatic N) is 1. The van der Waals surface area contributed by atoms with Crippen LogP contribution in [0.4, 0.5) is 0 Å². The Labute approximate surface area is 108 Å². The lowest BCUT2D eigenvalue weighted by atomic mass is 9.87. The quantitative estimate of drug-likeness (QED) is 0.593. The fourth-order valence-corrected chi connectivity index (χ4v) is 2.30. The average molecular weight is 240 g/mol. The highest BCUT2D eigenvalue weighted by atomic mass is 15.2. The second-order valence-electron chi connectivity index (χ2n) is 6.45. The number of rotatable bonds is 10. The third-order valence-electron chi connectivity index (χ3n) is 3.96. The Morgan fingerprint density at radius 3 is 2.29 bits per heavy atom. The first-order chi connectivity index (χ1) is 8.09. The summed E-state index contributed by atoms with van der Waals surface area (Å²) in [4.78, 5) is 2.72. The second kappa shape index (κ2) is 7.38. The maximum atomic E-state index is 5.76. The predicted molar refractivity (Wildman–Crippen MR) is 76.2 cm³/mol. The number of hydrogen-bond donors (Lipinski definition) is 1. The molecule has 1 aliphatic carbocycles. The van der Waals surface area contributed by atoms with E-state index in [1.807, 2.05) is 0 Å². The maximum Gasteiger partial charge on any atom is 0.00964 e. The van der Waals surface area contributed by atoms with Crippen LogP contribution in [0.5, 0.6) is 0 Å². The van der Waals surface area contributed by atoms with Gasteiger partial charge in [0.05, 0.1) is 0 Å². The van der Waals surface area contributed by atoms with Crippen LogP contribution in [0.2, 0.25) is 0 Å². The molecule has 0 aromatic rings. The molecule has 0 amide bonds. The first-order valence-corrected chi connectivity index (χ1v) is 7.53. The van der Waals surface area contributed by atoms with Crippen LogP contribution in [-0.2, 0) is 0 Å². The van der Waals surface area contributed by atoms with Gasteiger partial charge in [0.25, 0.3) is 0 Å². The van der Waals surface area contributed by atoms with E-state index < -0.39 is 0 Å². The van der Waals surface area contributed by atoms with E-state index in [9.17, 15) is 0 Å². The Morgan fingerprint density at radius 1 is 1.12 bits per heavy atom. The van der Waals surface area contributed by atoms with Crippen LogP contribution in [0.25, 0.3) is 0 Å². The fraction of sp³-hybridized carbons (Fsp3) is 1.00. The van der Waals surface area contributed by atoms with Crippen LogP contribution in [0.3, 0.4) is 0 Å². The summed E-state index contributed by atoms with van der Waals surface area (Å²) in [5.74, 6) is 0. The van der Waals surface area contributed by atoms with Crippen molar-refractivity contribution in [1.82, 2.24) is 4.90 Å². The Kier molecular flexibility index (Phi) is 6.50. The molecule has 1 saturated carbocycles. The monoisotopic (exact) mass is 240 g/mol. The van der Waals surface area contributed by atoms with Gasteiger partial charge < -0.3 is 10.6 Å². The molecule has 0 heterocycles. The van der Waals surface area contributed by atoms with E-state index in [0.717, 1.165) is 12.6 Å². The van der Waals surface area contributed by atoms with Gasteiger partial charge in [-0.2, -0.15) is 0 Å². The molecule has 0 bridgehead atoms. The molecule has 17 heavy (non-hydrogen) atoms. The van der Waals surface area contributed by atoms with E-state index in [-0.39, 0.29) is 0 Å². The maximum absolute atomic E-state index is 5.76. The topological polar surface area (TPSA) is 29.3 Å². The lowest BCUT2D eigenvalue weighted by molar-refractivity contribution is 0.243. The lowest BCUT2D eigenvalue weighted by Gasteiger charge is -2.24. The third kappa shape index (κ3) is 6.42. The molecule has 0 spiro atoms. The second-order valence-corrected chi connectivity index (χ2v) is 6.45. The molecule has 1 fully saturated rings. The molecule has 102 valence electrons. The first-order valence-electron chi connectivity index (χ1n) is 7.53. The summed E-state index contributed by atoms with van der Waals surface area (Å²) in [7, 11) is 0. The van der Waals surface area contributed by atoms with E-state index in [1.54, 1.807) is 0 Å². The van der Waals surface area contributed by atoms with Crippen molar-refractivity contribution in [2.24, 2.45) is 11.1 Å². The number of nitrogens with two attached hydrogens (primary N) is 1. The minimum Gasteiger partial charge on any atom is -0.330 e. The molecule has 0 saturated heterocycles. The molecule has 0 radical (unpaired) electrons. The van der Waals surface area contributed by atoms with E-state index in [2.05, 4.69) is 25.7 Å². The molecule has 2 nitrogen and oxygen atoms in total. The summed E-state index contributed by atoms with van der Waals surface area (Å²) in [6.07, 6.45) is 9.53. The van der Waals surface area contributed by atoms with Crippen molar-refractivity contribution in [2.45, 2.75) is 71.8 Å². The summed E-state index contributed by atoms with van der Waals surface area (Å²) in [6.45, 7) is 10.3. The van der Waals surface area contributed by atoms with E-state index >= 15 is 0 Å². The molecule has 0 unspecified atom stereocenters. The van der Waals surface area contributed by atoms with Gasteiger partial charge in [-0.15, -0.1) is 0 Å². The van der Waals surface area contributed by atoms with Crippen LogP contribution >= 0.6 is 0 Å². The minimum atomic E-state index is 0.341. The lowest BCUT2D eigenvalue weighted by Crippen LogP contribution is -2.29. The highest BCUT2D eigenvalue weighted by Crippen LogP contribution is 2.28. The predicted octanol–water partition coefficient (Wildman–Crippen LogP) is 3.41. The largest absolute Gasteiger partial charge is 0.330 e. The zero-order valence-electron chi connectivity index (χ0n) is 12.2. The highest BCUT2D eigenvalue weighted by molar-refractivity contribution is 4.84. The molecule has 0 aromatic carbocycles. The van der Waals surface area contributed by atoms with E-state index in [0.29, 0.717) is 5.41 Å². The van der Waals surface area contributed by atoms with Crippen LogP contribution in [0.15, 0.2) is 0 Å². The van der Waals surface area contributed by atoms with Gasteiger partial charge in [-0.1, -0.05) is 33.6 Å². The van der Waals surface area contributed by atoms with Crippen molar-refractivity contribution in [1.29, 1.82) is 0 Å². The molecule has 1 rings (SSSR count). The SMILES string of the molecule is CCCCN(CCCCC(C)(C)CN)C1CC1. The summed E-state index contributed by atoms with van der Waals surface area (Å²) in [5, 5.41) is 0. The Balaban J connectivity index is 2.10. The van der Waals surface area contributed by atoms with Gasteiger partial charge >= 0.3 is 0 Å². The summed E-state index contributed by atoms with van der Waals surface area (Å²) < 4.78 is 0. The Hall–Kier alpha value is -0.0800. The third-order valence-corrected chi connectivity index (χ3v) is 3.96. The van der Waals surface area contributed by atoms with Crippen LogP contribution in [0.1, 0.15) is 65.7 Å². The van der Waals surface area contributed by atoms with Gasteiger partial charge in [0.2, 0.25) is 0 Å². The summed E-state index contributed by atoms with van der Waals surface area (Å²) in [6, 6.07) is 0.934. The van der Waals surface area contributed by atoms with Gasteiger partial charge in [-0.3, -0.25) is 0 Å². The normalized spacial score (nSPS) is 16.8. The molecular weight excluding hydrogens is 208 g/mol. The number of unbranched alkanes of at least 4 members (excludes halogenated alkanes) is 2. The van der Waals surface area contributed by atoms with Gasteiger partial charge in [0, 0.05) is 6.04 Å². The van der Waals surface area contributed by atoms with Gasteiger partial charge in [0.1, 0.15) is 0 Å². The molecule has 2 heteroatoms. The number of hydrogen-bond acceptors (Lipinski definition) is 2. The smallest absolute Gasteiger partial charge is 0.00964 e. The van der Waals surface area contributed by atoms with Crippen molar-refractivity contribution in [3.8, 4) is 0 Å². The standard InChI is InChI=1S/C15H32N2/c1-4-5-11-17(14-8-9-14)12-7-6-10-15(2,3)13-16/h14H,4-13,16H2,1-3H3. The van der Waals surface area contributed by atoms with Crippen molar-refractivity contribution in [3.63, 3.8) is 0 Å². The van der Waals surface area contributed by atoms with Crippen molar-refractivity contribution in [2.75, 3.05) is 19.6 Å². The van der Waals surface area contributed by atoms with Crippen LogP contribution < -0.4 is 5.73 Å². The summed E-state index contributed by atoms with van der Waals surface area (Å²) >= 11 is 0. The van der Waals surface area contributed by atoms with E-state index in [4.69, 9.17) is 5.73 Å². The van der Waals surface area contributed by atoms with Crippen molar-refractivity contribution >= 4 is 0 Å². The highest BCUT2D eigenvalue weighted by Gasteiger charge is 2.27. The molecule has 0 aliphatic heterocycles. The molecule has 0 aromatic heterocycles. The first kappa shape index (κ1) is 15.0. The Morgan fingerprint density at radius 2 is 1.76 bits per heavy atom.